The van der Waals surface area contributed by atoms with Crippen LogP contribution < -0.4 is 5.73 Å². The second-order valence-electron chi connectivity index (χ2n) is 6.92. The van der Waals surface area contributed by atoms with Crippen molar-refractivity contribution in [2.45, 2.75) is 63.9 Å². The van der Waals surface area contributed by atoms with Crippen LogP contribution in [0, 0.1) is 5.92 Å². The van der Waals surface area contributed by atoms with Crippen LogP contribution in [0.2, 0.25) is 19.6 Å². The molecule has 5 nitrogen and oxygen atoms in total. The van der Waals surface area contributed by atoms with E-state index >= 15 is 0 Å². The fraction of sp³-hybridized carbons (Fsp3) is 0.929. The van der Waals surface area contributed by atoms with Gasteiger partial charge in [0.15, 0.2) is 8.32 Å². The molecule has 1 saturated carbocycles. The van der Waals surface area contributed by atoms with Crippen LogP contribution in [0.5, 0.6) is 0 Å². The van der Waals surface area contributed by atoms with Crippen LogP contribution in [-0.2, 0) is 4.43 Å². The van der Waals surface area contributed by atoms with E-state index in [4.69, 9.17) is 15.3 Å². The van der Waals surface area contributed by atoms with Gasteiger partial charge in [0.25, 0.3) is 0 Å². The molecule has 0 bridgehead atoms. The molecule has 20 heavy (non-hydrogen) atoms. The molecule has 0 aromatic heterocycles. The quantitative estimate of drug-likeness (QED) is 0.740. The third-order valence-electron chi connectivity index (χ3n) is 3.84. The summed E-state index contributed by atoms with van der Waals surface area (Å²) in [5.41, 5.74) is 6.29. The second-order valence-corrected chi connectivity index (χ2v) is 11.4. The summed E-state index contributed by atoms with van der Waals surface area (Å²) in [6.07, 6.45) is 5.12. The predicted octanol–water partition coefficient (Wildman–Crippen LogP) is 2.72. The molecule has 1 aliphatic carbocycles. The van der Waals surface area contributed by atoms with Crippen molar-refractivity contribution < 1.29 is 14.3 Å². The van der Waals surface area contributed by atoms with Gasteiger partial charge in [0.05, 0.1) is 6.10 Å². The van der Waals surface area contributed by atoms with E-state index in [1.807, 2.05) is 0 Å². The van der Waals surface area contributed by atoms with Gasteiger partial charge in [-0.1, -0.05) is 19.3 Å². The van der Waals surface area contributed by atoms with Gasteiger partial charge >= 0.3 is 6.09 Å². The van der Waals surface area contributed by atoms with Crippen LogP contribution in [0.4, 0.5) is 4.79 Å². The van der Waals surface area contributed by atoms with E-state index in [1.165, 1.54) is 24.2 Å². The van der Waals surface area contributed by atoms with Crippen LogP contribution in [0.3, 0.4) is 0 Å². The number of carbonyl (C=O) groups is 1. The summed E-state index contributed by atoms with van der Waals surface area (Å²) in [6.45, 7) is 6.82. The van der Waals surface area contributed by atoms with Crippen molar-refractivity contribution in [2.75, 3.05) is 13.6 Å². The highest BCUT2D eigenvalue weighted by Crippen LogP contribution is 2.31. The molecule has 1 amide bonds. The molecule has 1 fully saturated rings. The Morgan fingerprint density at radius 1 is 1.35 bits per heavy atom. The normalized spacial score (nSPS) is 20.4. The molecule has 0 heterocycles. The fourth-order valence-corrected chi connectivity index (χ4v) is 4.09. The van der Waals surface area contributed by atoms with Crippen LogP contribution in [-0.4, -0.2) is 50.2 Å². The molecule has 6 heteroatoms. The Labute approximate surface area is 123 Å². The fourth-order valence-electron chi connectivity index (χ4n) is 2.90. The highest BCUT2D eigenvalue weighted by Gasteiger charge is 2.34. The first-order chi connectivity index (χ1) is 9.20. The number of nitrogens with zero attached hydrogens (tertiary/aromatic N) is 1. The van der Waals surface area contributed by atoms with E-state index in [1.54, 1.807) is 7.05 Å². The van der Waals surface area contributed by atoms with Crippen molar-refractivity contribution in [3.63, 3.8) is 0 Å². The largest absolute Gasteiger partial charge is 0.465 e. The van der Waals surface area contributed by atoms with Gasteiger partial charge in [-0.2, -0.15) is 0 Å². The van der Waals surface area contributed by atoms with Crippen molar-refractivity contribution in [1.82, 2.24) is 4.90 Å². The molecule has 0 radical (unpaired) electrons. The molecule has 0 unspecified atom stereocenters. The van der Waals surface area contributed by atoms with Crippen molar-refractivity contribution >= 4 is 14.4 Å². The van der Waals surface area contributed by atoms with E-state index in [0.29, 0.717) is 12.5 Å². The van der Waals surface area contributed by atoms with Gasteiger partial charge in [0.2, 0.25) is 0 Å². The maximum atomic E-state index is 11.0. The summed E-state index contributed by atoms with van der Waals surface area (Å²) in [4.78, 5) is 12.2. The maximum absolute atomic E-state index is 11.0. The van der Waals surface area contributed by atoms with E-state index in [9.17, 15) is 4.79 Å². The minimum absolute atomic E-state index is 0.0104. The lowest BCUT2D eigenvalue weighted by atomic mass is 9.83. The number of nitrogens with two attached hydrogens (primary N) is 1. The Balaban J connectivity index is 2.72. The average molecular weight is 302 g/mol. The molecular weight excluding hydrogens is 272 g/mol. The lowest BCUT2D eigenvalue weighted by molar-refractivity contribution is 0.0659. The minimum atomic E-state index is -1.69. The van der Waals surface area contributed by atoms with Crippen molar-refractivity contribution in [3.05, 3.63) is 0 Å². The van der Waals surface area contributed by atoms with E-state index in [0.717, 1.165) is 12.8 Å². The summed E-state index contributed by atoms with van der Waals surface area (Å²) in [5.74, 6) is 0.479. The third kappa shape index (κ3) is 5.81. The second kappa shape index (κ2) is 7.43. The first-order valence-electron chi connectivity index (χ1n) is 7.58. The monoisotopic (exact) mass is 302 g/mol. The molecule has 2 atom stereocenters. The zero-order valence-electron chi connectivity index (χ0n) is 13.3. The molecule has 0 spiro atoms. The Kier molecular flexibility index (Phi) is 6.48. The summed E-state index contributed by atoms with van der Waals surface area (Å²) in [7, 11) is -0.127. The first-order valence-corrected chi connectivity index (χ1v) is 11.0. The smallest absolute Gasteiger partial charge is 0.407 e. The summed E-state index contributed by atoms with van der Waals surface area (Å²) >= 11 is 0. The van der Waals surface area contributed by atoms with E-state index in [2.05, 4.69) is 19.6 Å². The zero-order chi connectivity index (χ0) is 15.3. The van der Waals surface area contributed by atoms with E-state index < -0.39 is 14.4 Å². The summed E-state index contributed by atoms with van der Waals surface area (Å²) < 4.78 is 6.31. The van der Waals surface area contributed by atoms with Gasteiger partial charge in [-0.05, 0) is 38.4 Å². The number of hydrogen-bond donors (Lipinski definition) is 2. The highest BCUT2D eigenvalue weighted by atomic mass is 28.4. The highest BCUT2D eigenvalue weighted by molar-refractivity contribution is 6.69. The van der Waals surface area contributed by atoms with Gasteiger partial charge in [-0.15, -0.1) is 0 Å². The summed E-state index contributed by atoms with van der Waals surface area (Å²) in [6, 6.07) is -0.245. The molecule has 1 aliphatic rings. The van der Waals surface area contributed by atoms with E-state index in [-0.39, 0.29) is 12.1 Å². The Morgan fingerprint density at radius 2 is 1.90 bits per heavy atom. The topological polar surface area (TPSA) is 75.8 Å². The average Bonchev–Trinajstić information content (AvgIpc) is 2.35. The molecule has 3 N–H and O–H groups in total. The first kappa shape index (κ1) is 17.5. The van der Waals surface area contributed by atoms with Crippen LogP contribution in [0.1, 0.15) is 32.1 Å². The Morgan fingerprint density at radius 3 is 2.35 bits per heavy atom. The van der Waals surface area contributed by atoms with Gasteiger partial charge in [0, 0.05) is 19.6 Å². The Hall–Kier alpha value is -0.593. The molecule has 1 rings (SSSR count). The molecule has 0 aromatic rings. The zero-order valence-corrected chi connectivity index (χ0v) is 14.3. The van der Waals surface area contributed by atoms with Crippen LogP contribution >= 0.6 is 0 Å². The lowest BCUT2D eigenvalue weighted by Crippen LogP contribution is -2.52. The number of hydrogen-bond acceptors (Lipinski definition) is 3. The van der Waals surface area contributed by atoms with Crippen molar-refractivity contribution in [2.24, 2.45) is 11.7 Å². The number of amides is 1. The molecule has 0 saturated heterocycles. The number of carboxylic acid groups (broad SMARTS) is 1. The minimum Gasteiger partial charge on any atom is -0.465 e. The van der Waals surface area contributed by atoms with Gasteiger partial charge in [-0.25, -0.2) is 4.79 Å². The molecule has 0 aliphatic heterocycles. The Bertz CT molecular complexity index is 314. The third-order valence-corrected chi connectivity index (χ3v) is 4.82. The van der Waals surface area contributed by atoms with Crippen molar-refractivity contribution in [1.29, 1.82) is 0 Å². The maximum Gasteiger partial charge on any atom is 0.407 e. The SMILES string of the molecule is CN(C[C@@H](N)[C@@H](O[Si](C)(C)C)C1CCCCC1)C(=O)O. The van der Waals surface area contributed by atoms with Crippen LogP contribution in [0.25, 0.3) is 0 Å². The molecule has 118 valence electrons. The number of rotatable bonds is 6. The molecule has 0 aromatic carbocycles. The lowest BCUT2D eigenvalue weighted by Gasteiger charge is -2.39. The van der Waals surface area contributed by atoms with Gasteiger partial charge in [0.1, 0.15) is 0 Å². The standard InChI is InChI=1S/C14H30N2O3Si/c1-16(14(17)18)10-12(15)13(19-20(2,3)4)11-8-6-5-7-9-11/h11-13H,5-10,15H2,1-4H3,(H,17,18)/t12-,13+/m1/s1. The van der Waals surface area contributed by atoms with Crippen LogP contribution in [0.15, 0.2) is 0 Å². The van der Waals surface area contributed by atoms with Crippen molar-refractivity contribution in [3.8, 4) is 0 Å². The summed E-state index contributed by atoms with van der Waals surface area (Å²) in [5, 5.41) is 8.99. The van der Waals surface area contributed by atoms with Gasteiger partial charge < -0.3 is 20.2 Å². The molecular formula is C14H30N2O3Si. The number of likely N-dealkylation sites (N-methyl/N-ethyl adjacent to an activating group) is 1. The predicted molar refractivity (Wildman–Crippen MR) is 83.4 cm³/mol. The van der Waals surface area contributed by atoms with Gasteiger partial charge in [-0.3, -0.25) is 0 Å².